The summed E-state index contributed by atoms with van der Waals surface area (Å²) in [7, 11) is 0. The Morgan fingerprint density at radius 2 is 2.46 bits per heavy atom. The molecule has 1 aromatic heterocycles. The molecule has 1 aromatic rings. The van der Waals surface area contributed by atoms with Gasteiger partial charge in [0.05, 0.1) is 11.7 Å². The van der Waals surface area contributed by atoms with Crippen molar-refractivity contribution < 1.29 is 0 Å². The molecule has 1 aliphatic heterocycles. The number of nitrogens with one attached hydrogen (secondary N) is 1. The lowest BCUT2D eigenvalue weighted by Crippen LogP contribution is -2.36. The van der Waals surface area contributed by atoms with Gasteiger partial charge in [0.1, 0.15) is 0 Å². The second-order valence-corrected chi connectivity index (χ2v) is 4.13. The molecule has 0 amide bonds. The maximum atomic E-state index is 4.34. The van der Waals surface area contributed by atoms with Crippen LogP contribution >= 0.6 is 0 Å². The van der Waals surface area contributed by atoms with E-state index >= 15 is 0 Å². The molecule has 3 heteroatoms. The standard InChI is InChI=1S/C10H17N3/c1-8(2)7-13-10(4-6-12-13)9-3-5-11-9/h4,6,8-9,11H,3,5,7H2,1-2H3. The highest BCUT2D eigenvalue weighted by Crippen LogP contribution is 2.22. The van der Waals surface area contributed by atoms with E-state index in [9.17, 15) is 0 Å². The Balaban J connectivity index is 2.10. The van der Waals surface area contributed by atoms with Gasteiger partial charge in [0.25, 0.3) is 0 Å². The number of aromatic nitrogens is 2. The van der Waals surface area contributed by atoms with Crippen molar-refractivity contribution in [2.75, 3.05) is 6.54 Å². The molecular weight excluding hydrogens is 162 g/mol. The number of hydrogen-bond donors (Lipinski definition) is 1. The zero-order valence-electron chi connectivity index (χ0n) is 8.33. The highest BCUT2D eigenvalue weighted by Gasteiger charge is 2.21. The second-order valence-electron chi connectivity index (χ2n) is 4.13. The Hall–Kier alpha value is -0.830. The monoisotopic (exact) mass is 179 g/mol. The van der Waals surface area contributed by atoms with Crippen LogP contribution in [0.2, 0.25) is 0 Å². The van der Waals surface area contributed by atoms with Crippen molar-refractivity contribution in [1.82, 2.24) is 15.1 Å². The van der Waals surface area contributed by atoms with Gasteiger partial charge >= 0.3 is 0 Å². The van der Waals surface area contributed by atoms with Gasteiger partial charge < -0.3 is 5.32 Å². The summed E-state index contributed by atoms with van der Waals surface area (Å²) in [5, 5.41) is 7.74. The average molecular weight is 179 g/mol. The fourth-order valence-corrected chi connectivity index (χ4v) is 1.68. The minimum atomic E-state index is 0.557. The molecule has 0 radical (unpaired) electrons. The summed E-state index contributed by atoms with van der Waals surface area (Å²) in [5.41, 5.74) is 1.35. The molecule has 1 fully saturated rings. The average Bonchev–Trinajstić information content (AvgIpc) is 2.32. The summed E-state index contributed by atoms with van der Waals surface area (Å²) in [5.74, 6) is 0.665. The van der Waals surface area contributed by atoms with E-state index in [1.165, 1.54) is 12.1 Å². The lowest BCUT2D eigenvalue weighted by Gasteiger charge is -2.28. The maximum absolute atomic E-state index is 4.34. The SMILES string of the molecule is CC(C)Cn1nccc1C1CCN1. The molecule has 3 nitrogen and oxygen atoms in total. The van der Waals surface area contributed by atoms with Crippen molar-refractivity contribution in [3.8, 4) is 0 Å². The summed E-state index contributed by atoms with van der Waals surface area (Å²) in [6.07, 6.45) is 3.15. The molecule has 1 aliphatic rings. The van der Waals surface area contributed by atoms with Crippen LogP contribution in [0.25, 0.3) is 0 Å². The van der Waals surface area contributed by atoms with E-state index in [0.717, 1.165) is 13.1 Å². The summed E-state index contributed by atoms with van der Waals surface area (Å²) in [4.78, 5) is 0. The summed E-state index contributed by atoms with van der Waals surface area (Å²) in [6, 6.07) is 2.68. The largest absolute Gasteiger partial charge is 0.309 e. The van der Waals surface area contributed by atoms with E-state index in [4.69, 9.17) is 0 Å². The van der Waals surface area contributed by atoms with Gasteiger partial charge in [-0.05, 0) is 24.9 Å². The van der Waals surface area contributed by atoms with E-state index in [0.29, 0.717) is 12.0 Å². The predicted molar refractivity (Wildman–Crippen MR) is 52.4 cm³/mol. The van der Waals surface area contributed by atoms with Crippen LogP contribution in [-0.4, -0.2) is 16.3 Å². The molecule has 1 saturated heterocycles. The third-order valence-electron chi connectivity index (χ3n) is 2.47. The molecule has 0 spiro atoms. The second kappa shape index (κ2) is 3.50. The van der Waals surface area contributed by atoms with Gasteiger partial charge in [-0.2, -0.15) is 5.10 Å². The van der Waals surface area contributed by atoms with Crippen LogP contribution < -0.4 is 5.32 Å². The quantitative estimate of drug-likeness (QED) is 0.763. The van der Waals surface area contributed by atoms with E-state index in [2.05, 4.69) is 35.0 Å². The molecule has 0 aromatic carbocycles. The number of nitrogens with zero attached hydrogens (tertiary/aromatic N) is 2. The van der Waals surface area contributed by atoms with Gasteiger partial charge in [-0.25, -0.2) is 0 Å². The van der Waals surface area contributed by atoms with Crippen molar-refractivity contribution in [3.63, 3.8) is 0 Å². The van der Waals surface area contributed by atoms with Crippen molar-refractivity contribution in [2.45, 2.75) is 32.9 Å². The summed E-state index contributed by atoms with van der Waals surface area (Å²) in [6.45, 7) is 6.62. The van der Waals surface area contributed by atoms with Crippen molar-refractivity contribution in [1.29, 1.82) is 0 Å². The van der Waals surface area contributed by atoms with Gasteiger partial charge in [-0.15, -0.1) is 0 Å². The van der Waals surface area contributed by atoms with E-state index < -0.39 is 0 Å². The third kappa shape index (κ3) is 1.75. The Labute approximate surface area is 79.1 Å². The molecule has 0 bridgehead atoms. The summed E-state index contributed by atoms with van der Waals surface area (Å²) >= 11 is 0. The van der Waals surface area contributed by atoms with Gasteiger partial charge in [-0.3, -0.25) is 4.68 Å². The Bertz CT molecular complexity index is 273. The highest BCUT2D eigenvalue weighted by atomic mass is 15.3. The zero-order chi connectivity index (χ0) is 9.26. The lowest BCUT2D eigenvalue weighted by atomic mass is 10.0. The van der Waals surface area contributed by atoms with Crippen molar-refractivity contribution >= 4 is 0 Å². The van der Waals surface area contributed by atoms with Crippen LogP contribution in [0.5, 0.6) is 0 Å². The number of hydrogen-bond acceptors (Lipinski definition) is 2. The first-order valence-electron chi connectivity index (χ1n) is 5.02. The van der Waals surface area contributed by atoms with Gasteiger partial charge in [0.15, 0.2) is 0 Å². The third-order valence-corrected chi connectivity index (χ3v) is 2.47. The minimum absolute atomic E-state index is 0.557. The topological polar surface area (TPSA) is 29.9 Å². The molecule has 0 aliphatic carbocycles. The molecule has 0 saturated carbocycles. The molecule has 1 unspecified atom stereocenters. The van der Waals surface area contributed by atoms with Crippen molar-refractivity contribution in [3.05, 3.63) is 18.0 Å². The molecule has 2 heterocycles. The fourth-order valence-electron chi connectivity index (χ4n) is 1.68. The Kier molecular flexibility index (Phi) is 2.36. The molecule has 72 valence electrons. The van der Waals surface area contributed by atoms with Crippen LogP contribution in [0.1, 0.15) is 32.0 Å². The molecular formula is C10H17N3. The van der Waals surface area contributed by atoms with E-state index in [-0.39, 0.29) is 0 Å². The lowest BCUT2D eigenvalue weighted by molar-refractivity contribution is 0.345. The predicted octanol–water partition coefficient (Wildman–Crippen LogP) is 1.57. The summed E-state index contributed by atoms with van der Waals surface area (Å²) < 4.78 is 2.13. The zero-order valence-corrected chi connectivity index (χ0v) is 8.33. The normalized spacial score (nSPS) is 21.9. The Morgan fingerprint density at radius 1 is 1.69 bits per heavy atom. The van der Waals surface area contributed by atoms with Gasteiger partial charge in [0, 0.05) is 12.7 Å². The van der Waals surface area contributed by atoms with E-state index in [1.54, 1.807) is 0 Å². The van der Waals surface area contributed by atoms with Crippen LogP contribution in [0, 0.1) is 5.92 Å². The van der Waals surface area contributed by atoms with Crippen LogP contribution in [0.15, 0.2) is 12.3 Å². The van der Waals surface area contributed by atoms with Crippen molar-refractivity contribution in [2.24, 2.45) is 5.92 Å². The van der Waals surface area contributed by atoms with Crippen LogP contribution in [0.4, 0.5) is 0 Å². The van der Waals surface area contributed by atoms with Crippen LogP contribution in [0.3, 0.4) is 0 Å². The number of rotatable bonds is 3. The molecule has 13 heavy (non-hydrogen) atoms. The van der Waals surface area contributed by atoms with Gasteiger partial charge in [0.2, 0.25) is 0 Å². The molecule has 1 N–H and O–H groups in total. The van der Waals surface area contributed by atoms with Crippen LogP contribution in [-0.2, 0) is 6.54 Å². The first-order valence-corrected chi connectivity index (χ1v) is 5.02. The molecule has 1 atom stereocenters. The molecule has 2 rings (SSSR count). The first-order chi connectivity index (χ1) is 6.27. The maximum Gasteiger partial charge on any atom is 0.0554 e. The highest BCUT2D eigenvalue weighted by molar-refractivity contribution is 5.10. The fraction of sp³-hybridized carbons (Fsp3) is 0.700. The first kappa shape index (κ1) is 8.75. The Morgan fingerprint density at radius 3 is 3.00 bits per heavy atom. The minimum Gasteiger partial charge on any atom is -0.309 e. The van der Waals surface area contributed by atoms with E-state index in [1.807, 2.05) is 6.20 Å². The smallest absolute Gasteiger partial charge is 0.0554 e. The van der Waals surface area contributed by atoms with Gasteiger partial charge in [-0.1, -0.05) is 13.8 Å².